The first-order valence-corrected chi connectivity index (χ1v) is 8.89. The molecule has 0 heterocycles. The van der Waals surface area contributed by atoms with Crippen LogP contribution in [0.4, 0.5) is 0 Å². The molecule has 0 saturated heterocycles. The average Bonchev–Trinajstić information content (AvgIpc) is 2.59. The zero-order valence-corrected chi connectivity index (χ0v) is 14.4. The van der Waals surface area contributed by atoms with Crippen molar-refractivity contribution in [2.45, 2.75) is 11.8 Å². The summed E-state index contributed by atoms with van der Waals surface area (Å²) in [6.07, 6.45) is 0. The van der Waals surface area contributed by atoms with Crippen molar-refractivity contribution >= 4 is 33.2 Å². The molecule has 24 heavy (non-hydrogen) atoms. The van der Waals surface area contributed by atoms with Gasteiger partial charge in [0.25, 0.3) is 5.91 Å². The minimum atomic E-state index is -3.73. The van der Waals surface area contributed by atoms with E-state index in [-0.39, 0.29) is 4.90 Å². The van der Waals surface area contributed by atoms with E-state index in [1.54, 1.807) is 49.4 Å². The van der Waals surface area contributed by atoms with Crippen molar-refractivity contribution in [3.05, 3.63) is 65.2 Å². The lowest BCUT2D eigenvalue weighted by molar-refractivity contribution is -0.119. The Kier molecular flexibility index (Phi) is 6.08. The normalized spacial score (nSPS) is 12.0. The molecule has 0 aliphatic rings. The van der Waals surface area contributed by atoms with Gasteiger partial charge in [0.05, 0.1) is 17.2 Å². The number of carbonyl (C=O) groups excluding carboxylic acids is 1. The number of nitrogens with one attached hydrogen (secondary N) is 2. The van der Waals surface area contributed by atoms with E-state index in [0.29, 0.717) is 16.3 Å². The molecule has 0 radical (unpaired) electrons. The Bertz CT molecular complexity index is 852. The van der Waals surface area contributed by atoms with Crippen LogP contribution >= 0.6 is 11.6 Å². The number of hydrazone groups is 1. The second-order valence-corrected chi connectivity index (χ2v) is 7.02. The molecular formula is C16H16ClN3O3S. The maximum atomic E-state index is 12.0. The average molecular weight is 366 g/mol. The molecule has 2 aromatic carbocycles. The number of halogens is 1. The lowest BCUT2D eigenvalue weighted by Gasteiger charge is -2.07. The summed E-state index contributed by atoms with van der Waals surface area (Å²) in [5.41, 5.74) is 3.49. The number of nitrogens with zero attached hydrogens (tertiary/aromatic N) is 1. The molecule has 6 nitrogen and oxygen atoms in total. The Morgan fingerprint density at radius 2 is 1.71 bits per heavy atom. The van der Waals surface area contributed by atoms with Crippen LogP contribution in [-0.4, -0.2) is 26.6 Å². The zero-order valence-electron chi connectivity index (χ0n) is 12.9. The Morgan fingerprint density at radius 3 is 2.38 bits per heavy atom. The van der Waals surface area contributed by atoms with Crippen molar-refractivity contribution in [2.75, 3.05) is 6.54 Å². The minimum absolute atomic E-state index is 0.0912. The first-order valence-electron chi connectivity index (χ1n) is 7.03. The zero-order chi connectivity index (χ0) is 17.6. The lowest BCUT2D eigenvalue weighted by atomic mass is 10.1. The number of amides is 1. The van der Waals surface area contributed by atoms with Gasteiger partial charge in [-0.2, -0.15) is 5.10 Å². The topological polar surface area (TPSA) is 87.6 Å². The highest BCUT2D eigenvalue weighted by atomic mass is 35.5. The predicted molar refractivity (Wildman–Crippen MR) is 93.4 cm³/mol. The molecule has 0 aromatic heterocycles. The van der Waals surface area contributed by atoms with Crippen LogP contribution < -0.4 is 10.1 Å². The third-order valence-corrected chi connectivity index (χ3v) is 4.83. The fourth-order valence-corrected chi connectivity index (χ4v) is 3.12. The van der Waals surface area contributed by atoms with Crippen LogP contribution in [0.25, 0.3) is 0 Å². The second kappa shape index (κ2) is 8.05. The Hall–Kier alpha value is -2.22. The highest BCUT2D eigenvalue weighted by molar-refractivity contribution is 7.89. The summed E-state index contributed by atoms with van der Waals surface area (Å²) in [6, 6.07) is 14.9. The Morgan fingerprint density at radius 1 is 1.08 bits per heavy atom. The number of hydrogen-bond acceptors (Lipinski definition) is 4. The van der Waals surface area contributed by atoms with Gasteiger partial charge < -0.3 is 0 Å². The summed E-state index contributed by atoms with van der Waals surface area (Å²) in [6.45, 7) is 1.27. The van der Waals surface area contributed by atoms with Crippen molar-refractivity contribution in [3.63, 3.8) is 0 Å². The molecule has 0 aliphatic heterocycles. The number of benzene rings is 2. The third kappa shape index (κ3) is 4.89. The standard InChI is InChI=1S/C16H16ClN3O3S/c1-12(14-9-5-6-10-15(14)17)19-20-16(21)11-18-24(22,23)13-7-3-2-4-8-13/h2-10,18H,11H2,1H3,(H,20,21)/b19-12-. The monoisotopic (exact) mass is 365 g/mol. The van der Waals surface area contributed by atoms with E-state index in [1.807, 2.05) is 0 Å². The van der Waals surface area contributed by atoms with Gasteiger partial charge in [0.2, 0.25) is 10.0 Å². The number of carbonyl (C=O) groups is 1. The smallest absolute Gasteiger partial charge is 0.255 e. The maximum Gasteiger partial charge on any atom is 0.255 e. The highest BCUT2D eigenvalue weighted by Gasteiger charge is 2.14. The molecule has 2 N–H and O–H groups in total. The van der Waals surface area contributed by atoms with Crippen molar-refractivity contribution in [3.8, 4) is 0 Å². The minimum Gasteiger partial charge on any atom is -0.272 e. The van der Waals surface area contributed by atoms with E-state index in [9.17, 15) is 13.2 Å². The Balaban J connectivity index is 1.94. The molecule has 0 aliphatic carbocycles. The van der Waals surface area contributed by atoms with Gasteiger partial charge in [-0.1, -0.05) is 48.0 Å². The van der Waals surface area contributed by atoms with E-state index < -0.39 is 22.5 Å². The second-order valence-electron chi connectivity index (χ2n) is 4.85. The summed E-state index contributed by atoms with van der Waals surface area (Å²) >= 11 is 6.04. The Labute approximate surface area is 145 Å². The van der Waals surface area contributed by atoms with E-state index in [2.05, 4.69) is 15.2 Å². The van der Waals surface area contributed by atoms with E-state index in [1.165, 1.54) is 12.1 Å². The largest absolute Gasteiger partial charge is 0.272 e. The number of rotatable bonds is 6. The first-order chi connectivity index (χ1) is 11.4. The molecule has 0 atom stereocenters. The van der Waals surface area contributed by atoms with Gasteiger partial charge in [0.1, 0.15) is 0 Å². The van der Waals surface area contributed by atoms with Crippen molar-refractivity contribution in [1.29, 1.82) is 0 Å². The van der Waals surface area contributed by atoms with Gasteiger partial charge in [0.15, 0.2) is 0 Å². The third-order valence-electron chi connectivity index (χ3n) is 3.09. The highest BCUT2D eigenvalue weighted by Crippen LogP contribution is 2.15. The molecule has 0 fully saturated rings. The molecule has 2 rings (SSSR count). The van der Waals surface area contributed by atoms with Crippen molar-refractivity contribution in [2.24, 2.45) is 5.10 Å². The summed E-state index contributed by atoms with van der Waals surface area (Å²) in [5, 5.41) is 4.44. The molecule has 126 valence electrons. The fraction of sp³-hybridized carbons (Fsp3) is 0.125. The molecule has 0 spiro atoms. The van der Waals surface area contributed by atoms with Gasteiger partial charge in [-0.15, -0.1) is 0 Å². The summed E-state index contributed by atoms with van der Waals surface area (Å²) in [4.78, 5) is 11.9. The molecule has 2 aromatic rings. The van der Waals surface area contributed by atoms with Gasteiger partial charge in [-0.05, 0) is 25.1 Å². The van der Waals surface area contributed by atoms with Crippen LogP contribution in [0, 0.1) is 0 Å². The van der Waals surface area contributed by atoms with E-state index in [4.69, 9.17) is 11.6 Å². The maximum absolute atomic E-state index is 12.0. The molecule has 8 heteroatoms. The van der Waals surface area contributed by atoms with Crippen LogP contribution in [0.2, 0.25) is 5.02 Å². The molecular weight excluding hydrogens is 350 g/mol. The van der Waals surface area contributed by atoms with Crippen LogP contribution in [-0.2, 0) is 14.8 Å². The number of hydrogen-bond donors (Lipinski definition) is 2. The predicted octanol–water partition coefficient (Wildman–Crippen LogP) is 2.16. The van der Waals surface area contributed by atoms with Gasteiger partial charge in [-0.25, -0.2) is 18.6 Å². The molecule has 0 unspecified atom stereocenters. The lowest BCUT2D eigenvalue weighted by Crippen LogP contribution is -2.35. The van der Waals surface area contributed by atoms with Crippen LogP contribution in [0.1, 0.15) is 12.5 Å². The summed E-state index contributed by atoms with van der Waals surface area (Å²) in [5.74, 6) is -0.582. The summed E-state index contributed by atoms with van der Waals surface area (Å²) in [7, 11) is -3.73. The van der Waals surface area contributed by atoms with E-state index >= 15 is 0 Å². The fourth-order valence-electron chi connectivity index (χ4n) is 1.84. The summed E-state index contributed by atoms with van der Waals surface area (Å²) < 4.78 is 26.2. The van der Waals surface area contributed by atoms with Crippen molar-refractivity contribution in [1.82, 2.24) is 10.1 Å². The molecule has 0 saturated carbocycles. The molecule has 1 amide bonds. The van der Waals surface area contributed by atoms with Crippen LogP contribution in [0.3, 0.4) is 0 Å². The van der Waals surface area contributed by atoms with Crippen molar-refractivity contribution < 1.29 is 13.2 Å². The number of sulfonamides is 1. The molecule has 0 bridgehead atoms. The van der Waals surface area contributed by atoms with Crippen LogP contribution in [0.5, 0.6) is 0 Å². The van der Waals surface area contributed by atoms with Crippen LogP contribution in [0.15, 0.2) is 64.6 Å². The van der Waals surface area contributed by atoms with Gasteiger partial charge >= 0.3 is 0 Å². The SMILES string of the molecule is C/C(=N/NC(=O)CNS(=O)(=O)c1ccccc1)c1ccccc1Cl. The quantitative estimate of drug-likeness (QED) is 0.607. The van der Waals surface area contributed by atoms with E-state index in [0.717, 1.165) is 0 Å². The first kappa shape index (κ1) is 18.1. The van der Waals surface area contributed by atoms with Gasteiger partial charge in [0, 0.05) is 10.6 Å². The van der Waals surface area contributed by atoms with Gasteiger partial charge in [-0.3, -0.25) is 4.79 Å².